The van der Waals surface area contributed by atoms with Crippen LogP contribution >= 0.6 is 0 Å². The van der Waals surface area contributed by atoms with Crippen molar-refractivity contribution in [2.75, 3.05) is 20.3 Å². The van der Waals surface area contributed by atoms with Gasteiger partial charge in [0.1, 0.15) is 5.75 Å². The lowest BCUT2D eigenvalue weighted by Gasteiger charge is -2.12. The molecule has 0 bridgehead atoms. The number of carbonyl (C=O) groups is 1. The number of methoxy groups -OCH3 is 1. The summed E-state index contributed by atoms with van der Waals surface area (Å²) in [6.45, 7) is 4.21. The number of aryl methyl sites for hydroxylation is 1. The van der Waals surface area contributed by atoms with Crippen LogP contribution in [0.4, 0.5) is 0 Å². The van der Waals surface area contributed by atoms with Crippen molar-refractivity contribution < 1.29 is 14.6 Å². The molecule has 112 valence electrons. The van der Waals surface area contributed by atoms with Crippen molar-refractivity contribution in [3.05, 3.63) is 35.5 Å². The molecule has 0 radical (unpaired) electrons. The maximum Gasteiger partial charge on any atom is 0.252 e. The number of rotatable bonds is 5. The third-order valence-corrected chi connectivity index (χ3v) is 3.31. The molecule has 0 aliphatic heterocycles. The van der Waals surface area contributed by atoms with Gasteiger partial charge in [0.15, 0.2) is 0 Å². The van der Waals surface area contributed by atoms with Crippen LogP contribution in [0.15, 0.2) is 24.3 Å². The molecule has 0 fully saturated rings. The van der Waals surface area contributed by atoms with Crippen molar-refractivity contribution in [2.24, 2.45) is 5.92 Å². The van der Waals surface area contributed by atoms with E-state index in [-0.39, 0.29) is 18.4 Å². The van der Waals surface area contributed by atoms with Crippen LogP contribution in [0.5, 0.6) is 5.75 Å². The second-order valence-electron chi connectivity index (χ2n) is 5.19. The lowest BCUT2D eigenvalue weighted by molar-refractivity contribution is 0.0944. The highest BCUT2D eigenvalue weighted by molar-refractivity contribution is 6.06. The Balaban J connectivity index is 2.39. The smallest absolute Gasteiger partial charge is 0.252 e. The quantitative estimate of drug-likeness (QED) is 0.881. The number of pyridine rings is 1. The minimum Gasteiger partial charge on any atom is -0.497 e. The minimum atomic E-state index is -0.168. The van der Waals surface area contributed by atoms with Gasteiger partial charge in [-0.3, -0.25) is 9.78 Å². The van der Waals surface area contributed by atoms with Gasteiger partial charge in [-0.25, -0.2) is 0 Å². The largest absolute Gasteiger partial charge is 0.497 e. The highest BCUT2D eigenvalue weighted by Crippen LogP contribution is 2.23. The first-order valence-corrected chi connectivity index (χ1v) is 6.89. The van der Waals surface area contributed by atoms with Crippen molar-refractivity contribution in [1.82, 2.24) is 10.3 Å². The van der Waals surface area contributed by atoms with Crippen molar-refractivity contribution in [3.63, 3.8) is 0 Å². The summed E-state index contributed by atoms with van der Waals surface area (Å²) < 4.78 is 5.21. The Kier molecular flexibility index (Phi) is 4.75. The van der Waals surface area contributed by atoms with E-state index in [0.717, 1.165) is 16.6 Å². The van der Waals surface area contributed by atoms with Crippen LogP contribution in [0.25, 0.3) is 10.9 Å². The fraction of sp³-hybridized carbons (Fsp3) is 0.375. The zero-order valence-electron chi connectivity index (χ0n) is 12.5. The van der Waals surface area contributed by atoms with Gasteiger partial charge < -0.3 is 15.2 Å². The summed E-state index contributed by atoms with van der Waals surface area (Å²) in [5, 5.41) is 12.6. The van der Waals surface area contributed by atoms with Crippen molar-refractivity contribution in [3.8, 4) is 5.75 Å². The van der Waals surface area contributed by atoms with Gasteiger partial charge in [-0.15, -0.1) is 0 Å². The summed E-state index contributed by atoms with van der Waals surface area (Å²) in [4.78, 5) is 16.8. The van der Waals surface area contributed by atoms with Crippen molar-refractivity contribution in [1.29, 1.82) is 0 Å². The van der Waals surface area contributed by atoms with E-state index >= 15 is 0 Å². The Hall–Kier alpha value is -2.14. The van der Waals surface area contributed by atoms with E-state index in [1.165, 1.54) is 0 Å². The molecule has 0 spiro atoms. The van der Waals surface area contributed by atoms with E-state index in [2.05, 4.69) is 10.3 Å². The Morgan fingerprint density at radius 2 is 2.19 bits per heavy atom. The minimum absolute atomic E-state index is 0.0256. The van der Waals surface area contributed by atoms with E-state index < -0.39 is 0 Å². The zero-order chi connectivity index (χ0) is 15.4. The first-order valence-electron chi connectivity index (χ1n) is 6.89. The van der Waals surface area contributed by atoms with Gasteiger partial charge >= 0.3 is 0 Å². The van der Waals surface area contributed by atoms with Crippen molar-refractivity contribution >= 4 is 16.8 Å². The molecular weight excluding hydrogens is 268 g/mol. The number of aromatic nitrogens is 1. The number of aliphatic hydroxyl groups excluding tert-OH is 1. The molecule has 5 nitrogen and oxygen atoms in total. The number of hydrogen-bond donors (Lipinski definition) is 2. The van der Waals surface area contributed by atoms with Gasteiger partial charge in [0.2, 0.25) is 0 Å². The molecule has 21 heavy (non-hydrogen) atoms. The molecule has 1 aromatic heterocycles. The fourth-order valence-corrected chi connectivity index (χ4v) is 2.08. The fourth-order valence-electron chi connectivity index (χ4n) is 2.08. The third kappa shape index (κ3) is 3.49. The first-order chi connectivity index (χ1) is 10.0. The van der Waals surface area contributed by atoms with Gasteiger partial charge in [-0.2, -0.15) is 0 Å². The van der Waals surface area contributed by atoms with E-state index in [0.29, 0.717) is 17.9 Å². The number of fused-ring (bicyclic) bond motifs is 1. The molecule has 1 unspecified atom stereocenters. The summed E-state index contributed by atoms with van der Waals surface area (Å²) in [5.74, 6) is 0.544. The molecule has 2 aromatic rings. The van der Waals surface area contributed by atoms with Crippen molar-refractivity contribution in [2.45, 2.75) is 13.8 Å². The average molecular weight is 288 g/mol. The van der Waals surface area contributed by atoms with Gasteiger partial charge in [0, 0.05) is 24.2 Å². The lowest BCUT2D eigenvalue weighted by atomic mass is 10.1. The zero-order valence-corrected chi connectivity index (χ0v) is 12.5. The number of nitrogens with zero attached hydrogens (tertiary/aromatic N) is 1. The van der Waals surface area contributed by atoms with Gasteiger partial charge in [-0.05, 0) is 37.1 Å². The maximum atomic E-state index is 12.4. The molecule has 5 heteroatoms. The third-order valence-electron chi connectivity index (χ3n) is 3.31. The van der Waals surface area contributed by atoms with E-state index in [1.807, 2.05) is 32.0 Å². The number of benzene rings is 1. The monoisotopic (exact) mass is 288 g/mol. The standard InChI is InChI=1S/C16H20N2O3/c1-10(9-19)8-17-16(20)14-6-11(2)18-15-5-4-12(21-3)7-13(14)15/h4-7,10,19H,8-9H2,1-3H3,(H,17,20). The van der Waals surface area contributed by atoms with Crippen LogP contribution in [-0.4, -0.2) is 36.3 Å². The van der Waals surface area contributed by atoms with E-state index in [1.54, 1.807) is 13.2 Å². The summed E-state index contributed by atoms with van der Waals surface area (Å²) in [6.07, 6.45) is 0. The second kappa shape index (κ2) is 6.54. The number of amides is 1. The SMILES string of the molecule is COc1ccc2nc(C)cc(C(=O)NCC(C)CO)c2c1. The predicted octanol–water partition coefficient (Wildman–Crippen LogP) is 1.91. The Morgan fingerprint density at radius 1 is 1.43 bits per heavy atom. The number of carbonyl (C=O) groups excluding carboxylic acids is 1. The molecule has 0 aliphatic carbocycles. The second-order valence-corrected chi connectivity index (χ2v) is 5.19. The number of nitrogens with one attached hydrogen (secondary N) is 1. The number of aliphatic hydroxyl groups is 1. The molecule has 1 atom stereocenters. The van der Waals surface area contributed by atoms with Crippen LogP contribution in [0, 0.1) is 12.8 Å². The molecule has 1 aromatic carbocycles. The van der Waals surface area contributed by atoms with Gasteiger partial charge in [0.05, 0.1) is 18.2 Å². The van der Waals surface area contributed by atoms with E-state index in [4.69, 9.17) is 9.84 Å². The molecule has 1 heterocycles. The molecule has 0 saturated heterocycles. The normalized spacial score (nSPS) is 12.2. The Morgan fingerprint density at radius 3 is 2.86 bits per heavy atom. The van der Waals surface area contributed by atoms with Gasteiger partial charge in [-0.1, -0.05) is 6.92 Å². The average Bonchev–Trinajstić information content (AvgIpc) is 2.50. The summed E-state index contributed by atoms with van der Waals surface area (Å²) in [5.41, 5.74) is 2.12. The van der Waals surface area contributed by atoms with Crippen LogP contribution in [0.2, 0.25) is 0 Å². The molecular formula is C16H20N2O3. The molecule has 2 N–H and O–H groups in total. The summed E-state index contributed by atoms with van der Waals surface area (Å²) in [6, 6.07) is 7.24. The van der Waals surface area contributed by atoms with Gasteiger partial charge in [0.25, 0.3) is 5.91 Å². The predicted molar refractivity (Wildman–Crippen MR) is 81.6 cm³/mol. The Bertz CT molecular complexity index is 655. The highest BCUT2D eigenvalue weighted by Gasteiger charge is 2.13. The van der Waals surface area contributed by atoms with Crippen LogP contribution in [0.1, 0.15) is 23.0 Å². The molecule has 0 aliphatic rings. The topological polar surface area (TPSA) is 71.5 Å². The van der Waals surface area contributed by atoms with Crippen LogP contribution in [0.3, 0.4) is 0 Å². The maximum absolute atomic E-state index is 12.4. The van der Waals surface area contributed by atoms with Crippen LogP contribution < -0.4 is 10.1 Å². The lowest BCUT2D eigenvalue weighted by Crippen LogP contribution is -2.29. The molecule has 2 rings (SSSR count). The highest BCUT2D eigenvalue weighted by atomic mass is 16.5. The summed E-state index contributed by atoms with van der Waals surface area (Å²) >= 11 is 0. The Labute approximate surface area is 124 Å². The van der Waals surface area contributed by atoms with Crippen LogP contribution in [-0.2, 0) is 0 Å². The summed E-state index contributed by atoms with van der Waals surface area (Å²) in [7, 11) is 1.59. The number of ether oxygens (including phenoxy) is 1. The molecule has 1 amide bonds. The first kappa shape index (κ1) is 15.3. The van der Waals surface area contributed by atoms with E-state index in [9.17, 15) is 4.79 Å². The molecule has 0 saturated carbocycles. The number of hydrogen-bond acceptors (Lipinski definition) is 4.